The van der Waals surface area contributed by atoms with Gasteiger partial charge >= 0.3 is 6.03 Å². The predicted molar refractivity (Wildman–Crippen MR) is 80.1 cm³/mol. The first-order valence-electron chi connectivity index (χ1n) is 6.52. The van der Waals surface area contributed by atoms with E-state index >= 15 is 0 Å². The number of nitrogens with one attached hydrogen (secondary N) is 3. The number of urea groups is 1. The molecule has 0 aliphatic heterocycles. The quantitative estimate of drug-likeness (QED) is 0.791. The van der Waals surface area contributed by atoms with Crippen molar-refractivity contribution in [2.75, 3.05) is 10.6 Å². The van der Waals surface area contributed by atoms with Gasteiger partial charge in [-0.05, 0) is 33.8 Å². The number of aryl methyl sites for hydroxylation is 1. The van der Waals surface area contributed by atoms with Gasteiger partial charge < -0.3 is 9.88 Å². The standard InChI is InChI=1S/C14H18N6O/c1-9-11(7-16-19-9)17-13(21)18-12-5-10(6-15)8-20(12)14(2,3)4/h5,7-8H,1-4H3,(H,16,19)(H2,17,18,21). The molecule has 0 atom stereocenters. The molecule has 2 rings (SSSR count). The minimum Gasteiger partial charge on any atom is -0.328 e. The maximum Gasteiger partial charge on any atom is 0.324 e. The summed E-state index contributed by atoms with van der Waals surface area (Å²) in [6.07, 6.45) is 3.26. The molecule has 3 N–H and O–H groups in total. The summed E-state index contributed by atoms with van der Waals surface area (Å²) in [5.74, 6) is 0.567. The van der Waals surface area contributed by atoms with Crippen LogP contribution in [0.4, 0.5) is 16.3 Å². The molecule has 0 fully saturated rings. The van der Waals surface area contributed by atoms with Crippen molar-refractivity contribution < 1.29 is 4.79 Å². The second-order valence-electron chi connectivity index (χ2n) is 5.75. The Kier molecular flexibility index (Phi) is 3.72. The fraction of sp³-hybridized carbons (Fsp3) is 0.357. The molecule has 110 valence electrons. The van der Waals surface area contributed by atoms with Gasteiger partial charge in [-0.15, -0.1) is 0 Å². The van der Waals surface area contributed by atoms with Gasteiger partial charge in [0.1, 0.15) is 11.9 Å². The highest BCUT2D eigenvalue weighted by molar-refractivity contribution is 5.99. The average Bonchev–Trinajstić information content (AvgIpc) is 2.96. The van der Waals surface area contributed by atoms with Crippen LogP contribution in [0.15, 0.2) is 18.5 Å². The molecule has 0 unspecified atom stereocenters. The molecular weight excluding hydrogens is 268 g/mol. The average molecular weight is 286 g/mol. The van der Waals surface area contributed by atoms with Crippen LogP contribution in [-0.4, -0.2) is 20.8 Å². The Balaban J connectivity index is 2.19. The zero-order chi connectivity index (χ0) is 15.6. The first-order valence-corrected chi connectivity index (χ1v) is 6.52. The molecule has 2 aromatic heterocycles. The molecule has 0 aliphatic carbocycles. The molecule has 2 aromatic rings. The first kappa shape index (κ1) is 14.7. The number of carbonyl (C=O) groups excluding carboxylic acids is 1. The molecule has 21 heavy (non-hydrogen) atoms. The fourth-order valence-corrected chi connectivity index (χ4v) is 1.92. The van der Waals surface area contributed by atoms with Gasteiger partial charge in [-0.2, -0.15) is 10.4 Å². The molecule has 0 aliphatic rings. The predicted octanol–water partition coefficient (Wildman–Crippen LogP) is 2.79. The van der Waals surface area contributed by atoms with Crippen LogP contribution in [0.5, 0.6) is 0 Å². The molecule has 2 heterocycles. The number of aromatic amines is 1. The first-order chi connectivity index (χ1) is 9.81. The maximum absolute atomic E-state index is 12.0. The van der Waals surface area contributed by atoms with E-state index in [2.05, 4.69) is 26.9 Å². The third-order valence-corrected chi connectivity index (χ3v) is 2.99. The van der Waals surface area contributed by atoms with Gasteiger partial charge in [-0.3, -0.25) is 10.4 Å². The second-order valence-corrected chi connectivity index (χ2v) is 5.75. The summed E-state index contributed by atoms with van der Waals surface area (Å²) in [5.41, 5.74) is 1.64. The number of H-pyrrole nitrogens is 1. The zero-order valence-electron chi connectivity index (χ0n) is 12.5. The van der Waals surface area contributed by atoms with Crippen molar-refractivity contribution >= 4 is 17.5 Å². The Morgan fingerprint density at radius 1 is 1.43 bits per heavy atom. The molecule has 7 heteroatoms. The van der Waals surface area contributed by atoms with E-state index in [1.54, 1.807) is 18.5 Å². The van der Waals surface area contributed by atoms with Crippen LogP contribution >= 0.6 is 0 Å². The summed E-state index contributed by atoms with van der Waals surface area (Å²) < 4.78 is 1.85. The van der Waals surface area contributed by atoms with Gasteiger partial charge in [0, 0.05) is 11.7 Å². The van der Waals surface area contributed by atoms with E-state index in [1.807, 2.05) is 32.3 Å². The summed E-state index contributed by atoms with van der Waals surface area (Å²) in [4.78, 5) is 12.0. The number of nitriles is 1. The topological polar surface area (TPSA) is 98.5 Å². The van der Waals surface area contributed by atoms with Crippen LogP contribution in [0.25, 0.3) is 0 Å². The lowest BCUT2D eigenvalue weighted by Gasteiger charge is -2.24. The highest BCUT2D eigenvalue weighted by atomic mass is 16.2. The number of hydrogen-bond acceptors (Lipinski definition) is 3. The Hall–Kier alpha value is -2.75. The number of nitrogens with zero attached hydrogens (tertiary/aromatic N) is 3. The number of hydrogen-bond donors (Lipinski definition) is 3. The normalized spacial score (nSPS) is 11.0. The SMILES string of the molecule is Cc1[nH]ncc1NC(=O)Nc1cc(C#N)cn1C(C)(C)C. The molecule has 0 radical (unpaired) electrons. The van der Waals surface area contributed by atoms with Crippen LogP contribution in [0.2, 0.25) is 0 Å². The van der Waals surface area contributed by atoms with Gasteiger partial charge in [-0.1, -0.05) is 0 Å². The highest BCUT2D eigenvalue weighted by Gasteiger charge is 2.19. The lowest BCUT2D eigenvalue weighted by molar-refractivity contribution is 0.261. The number of carbonyl (C=O) groups is 1. The maximum atomic E-state index is 12.0. The summed E-state index contributed by atoms with van der Waals surface area (Å²) >= 11 is 0. The van der Waals surface area contributed by atoms with Crippen molar-refractivity contribution in [1.82, 2.24) is 14.8 Å². The number of aromatic nitrogens is 3. The molecular formula is C14H18N6O. The molecule has 0 aromatic carbocycles. The van der Waals surface area contributed by atoms with Crippen molar-refractivity contribution in [3.8, 4) is 6.07 Å². The lowest BCUT2D eigenvalue weighted by Crippen LogP contribution is -2.27. The van der Waals surface area contributed by atoms with Crippen molar-refractivity contribution in [3.05, 3.63) is 29.7 Å². The lowest BCUT2D eigenvalue weighted by atomic mass is 10.1. The molecule has 0 saturated carbocycles. The summed E-state index contributed by atoms with van der Waals surface area (Å²) in [6.45, 7) is 7.81. The van der Waals surface area contributed by atoms with E-state index in [1.165, 1.54) is 0 Å². The van der Waals surface area contributed by atoms with E-state index in [9.17, 15) is 4.79 Å². The largest absolute Gasteiger partial charge is 0.328 e. The Bertz CT molecular complexity index is 698. The van der Waals surface area contributed by atoms with E-state index in [-0.39, 0.29) is 11.6 Å². The van der Waals surface area contributed by atoms with E-state index in [0.717, 1.165) is 5.69 Å². The van der Waals surface area contributed by atoms with Gasteiger partial charge in [0.2, 0.25) is 0 Å². The Labute approximate surface area is 123 Å². The second kappa shape index (κ2) is 5.32. The number of amides is 2. The highest BCUT2D eigenvalue weighted by Crippen LogP contribution is 2.24. The number of anilines is 2. The van der Waals surface area contributed by atoms with Crippen molar-refractivity contribution in [2.45, 2.75) is 33.2 Å². The van der Waals surface area contributed by atoms with Crippen LogP contribution < -0.4 is 10.6 Å². The van der Waals surface area contributed by atoms with Crippen LogP contribution in [0, 0.1) is 18.3 Å². The summed E-state index contributed by atoms with van der Waals surface area (Å²) in [5, 5.41) is 21.1. The minimum atomic E-state index is -0.382. The Morgan fingerprint density at radius 3 is 2.67 bits per heavy atom. The summed E-state index contributed by atoms with van der Waals surface area (Å²) in [7, 11) is 0. The molecule has 0 spiro atoms. The van der Waals surface area contributed by atoms with E-state index in [4.69, 9.17) is 5.26 Å². The van der Waals surface area contributed by atoms with Crippen LogP contribution in [0.1, 0.15) is 32.0 Å². The molecule has 0 bridgehead atoms. The Morgan fingerprint density at radius 2 is 2.14 bits per heavy atom. The third kappa shape index (κ3) is 3.23. The van der Waals surface area contributed by atoms with E-state index < -0.39 is 0 Å². The number of rotatable bonds is 2. The van der Waals surface area contributed by atoms with Crippen molar-refractivity contribution in [1.29, 1.82) is 5.26 Å². The molecule has 7 nitrogen and oxygen atoms in total. The van der Waals surface area contributed by atoms with Gasteiger partial charge in [0.15, 0.2) is 0 Å². The van der Waals surface area contributed by atoms with Crippen LogP contribution in [-0.2, 0) is 5.54 Å². The molecule has 0 saturated heterocycles. The van der Waals surface area contributed by atoms with Gasteiger partial charge in [0.25, 0.3) is 0 Å². The fourth-order valence-electron chi connectivity index (χ4n) is 1.92. The third-order valence-electron chi connectivity index (χ3n) is 2.99. The molecule has 2 amide bonds. The van der Waals surface area contributed by atoms with Gasteiger partial charge in [-0.25, -0.2) is 4.79 Å². The summed E-state index contributed by atoms with van der Waals surface area (Å²) in [6, 6.07) is 3.34. The monoisotopic (exact) mass is 286 g/mol. The minimum absolute atomic E-state index is 0.247. The van der Waals surface area contributed by atoms with Gasteiger partial charge in [0.05, 0.1) is 23.1 Å². The van der Waals surface area contributed by atoms with Crippen LogP contribution in [0.3, 0.4) is 0 Å². The van der Waals surface area contributed by atoms with Crippen molar-refractivity contribution in [3.63, 3.8) is 0 Å². The van der Waals surface area contributed by atoms with E-state index in [0.29, 0.717) is 17.1 Å². The smallest absolute Gasteiger partial charge is 0.324 e. The van der Waals surface area contributed by atoms with Crippen molar-refractivity contribution in [2.24, 2.45) is 0 Å². The zero-order valence-corrected chi connectivity index (χ0v) is 12.5.